The number of carbonyl (C=O) groups is 1. The number of ether oxygens (including phenoxy) is 1. The molecule has 0 saturated carbocycles. The van der Waals surface area contributed by atoms with Crippen molar-refractivity contribution >= 4 is 5.91 Å². The second kappa shape index (κ2) is 6.06. The molecule has 6 nitrogen and oxygen atoms in total. The van der Waals surface area contributed by atoms with Crippen LogP contribution in [0.1, 0.15) is 27.3 Å². The van der Waals surface area contributed by atoms with Crippen LogP contribution in [-0.4, -0.2) is 39.6 Å². The summed E-state index contributed by atoms with van der Waals surface area (Å²) in [4.78, 5) is 17.2. The van der Waals surface area contributed by atoms with Gasteiger partial charge >= 0.3 is 6.18 Å². The molecule has 9 heteroatoms. The summed E-state index contributed by atoms with van der Waals surface area (Å²) in [5.41, 5.74) is -0.213. The third-order valence-corrected chi connectivity index (χ3v) is 3.72. The monoisotopic (exact) mass is 338 g/mol. The molecule has 0 radical (unpaired) electrons. The molecule has 0 spiro atoms. The van der Waals surface area contributed by atoms with Crippen LogP contribution in [0, 0.1) is 0 Å². The first-order valence-corrected chi connectivity index (χ1v) is 7.11. The van der Waals surface area contributed by atoms with Crippen LogP contribution in [0.4, 0.5) is 13.2 Å². The number of fused-ring (bicyclic) bond motifs is 1. The number of pyridine rings is 1. The summed E-state index contributed by atoms with van der Waals surface area (Å²) in [6, 6.07) is 4.09. The van der Waals surface area contributed by atoms with E-state index in [0.29, 0.717) is 23.6 Å². The van der Waals surface area contributed by atoms with Crippen molar-refractivity contribution in [2.24, 2.45) is 0 Å². The Morgan fingerprint density at radius 3 is 2.83 bits per heavy atom. The fraction of sp³-hybridized carbons (Fsp3) is 0.333. The van der Waals surface area contributed by atoms with E-state index in [1.807, 2.05) is 0 Å². The smallest absolute Gasteiger partial charge is 0.434 e. The van der Waals surface area contributed by atoms with Crippen LogP contribution in [0.15, 0.2) is 24.4 Å². The summed E-state index contributed by atoms with van der Waals surface area (Å²) >= 11 is 0. The lowest BCUT2D eigenvalue weighted by molar-refractivity contribution is -0.141. The van der Waals surface area contributed by atoms with Crippen LogP contribution in [0.5, 0.6) is 5.88 Å². The number of carbonyl (C=O) groups excluding carboxylic acids is 1. The summed E-state index contributed by atoms with van der Waals surface area (Å²) in [5, 5.41) is 7.86. The Morgan fingerprint density at radius 1 is 1.33 bits per heavy atom. The standard InChI is InChI=1S/C15H13F3N4O2/c1-24-12-7-9-8-22(6-4-11(9)20-21-12)14(23)10-3-2-5-19-13(10)15(16,17)18/h2-3,5,7H,4,6,8H2,1H3. The molecule has 1 aliphatic rings. The molecule has 1 aliphatic heterocycles. The number of hydrogen-bond donors (Lipinski definition) is 0. The molecule has 3 rings (SSSR count). The van der Waals surface area contributed by atoms with E-state index in [0.717, 1.165) is 12.3 Å². The van der Waals surface area contributed by atoms with Crippen LogP contribution >= 0.6 is 0 Å². The number of nitrogens with zero attached hydrogens (tertiary/aromatic N) is 4. The van der Waals surface area contributed by atoms with Gasteiger partial charge in [0.15, 0.2) is 5.69 Å². The quantitative estimate of drug-likeness (QED) is 0.839. The van der Waals surface area contributed by atoms with E-state index in [4.69, 9.17) is 4.74 Å². The van der Waals surface area contributed by atoms with Gasteiger partial charge in [-0.25, -0.2) is 0 Å². The van der Waals surface area contributed by atoms with Crippen molar-refractivity contribution in [2.75, 3.05) is 13.7 Å². The lowest BCUT2D eigenvalue weighted by atomic mass is 10.0. The van der Waals surface area contributed by atoms with E-state index >= 15 is 0 Å². The van der Waals surface area contributed by atoms with Crippen molar-refractivity contribution in [3.8, 4) is 5.88 Å². The molecule has 0 fully saturated rings. The molecule has 3 heterocycles. The van der Waals surface area contributed by atoms with Gasteiger partial charge in [0.2, 0.25) is 5.88 Å². The molecule has 0 unspecified atom stereocenters. The highest BCUT2D eigenvalue weighted by atomic mass is 19.4. The summed E-state index contributed by atoms with van der Waals surface area (Å²) in [7, 11) is 1.44. The van der Waals surface area contributed by atoms with Gasteiger partial charge in [-0.05, 0) is 12.1 Å². The Kier molecular flexibility index (Phi) is 4.08. The molecule has 2 aromatic heterocycles. The van der Waals surface area contributed by atoms with E-state index < -0.39 is 23.3 Å². The number of methoxy groups -OCH3 is 1. The van der Waals surface area contributed by atoms with E-state index in [1.165, 1.54) is 18.1 Å². The van der Waals surface area contributed by atoms with Gasteiger partial charge < -0.3 is 9.64 Å². The van der Waals surface area contributed by atoms with E-state index in [1.54, 1.807) is 6.07 Å². The summed E-state index contributed by atoms with van der Waals surface area (Å²) in [6.07, 6.45) is -3.25. The minimum Gasteiger partial charge on any atom is -0.480 e. The van der Waals surface area contributed by atoms with Crippen LogP contribution < -0.4 is 4.74 Å². The highest BCUT2D eigenvalue weighted by Crippen LogP contribution is 2.31. The number of alkyl halides is 3. The predicted molar refractivity (Wildman–Crippen MR) is 76.3 cm³/mol. The molecule has 2 aromatic rings. The minimum absolute atomic E-state index is 0.145. The highest BCUT2D eigenvalue weighted by molar-refractivity contribution is 5.95. The predicted octanol–water partition coefficient (Wildman–Crippen LogP) is 2.10. The Bertz CT molecular complexity index is 780. The van der Waals surface area contributed by atoms with Gasteiger partial charge in [0.1, 0.15) is 0 Å². The zero-order chi connectivity index (χ0) is 17.3. The third-order valence-electron chi connectivity index (χ3n) is 3.72. The van der Waals surface area contributed by atoms with Gasteiger partial charge in [0.25, 0.3) is 5.91 Å². The molecule has 1 amide bonds. The Balaban J connectivity index is 1.90. The number of halogens is 3. The summed E-state index contributed by atoms with van der Waals surface area (Å²) in [6.45, 7) is 0.408. The second-order valence-electron chi connectivity index (χ2n) is 5.23. The Labute approximate surface area is 135 Å². The lowest BCUT2D eigenvalue weighted by Gasteiger charge is -2.28. The fourth-order valence-corrected chi connectivity index (χ4v) is 2.56. The molecule has 24 heavy (non-hydrogen) atoms. The maximum absolute atomic E-state index is 13.0. The van der Waals surface area contributed by atoms with Gasteiger partial charge in [0, 0.05) is 37.3 Å². The molecule has 126 valence electrons. The molecule has 0 saturated heterocycles. The van der Waals surface area contributed by atoms with Gasteiger partial charge in [-0.1, -0.05) is 0 Å². The van der Waals surface area contributed by atoms with Crippen molar-refractivity contribution < 1.29 is 22.7 Å². The lowest BCUT2D eigenvalue weighted by Crippen LogP contribution is -2.37. The van der Waals surface area contributed by atoms with Crippen molar-refractivity contribution in [2.45, 2.75) is 19.1 Å². The maximum Gasteiger partial charge on any atom is 0.434 e. The second-order valence-corrected chi connectivity index (χ2v) is 5.23. The van der Waals surface area contributed by atoms with Crippen LogP contribution in [0.2, 0.25) is 0 Å². The van der Waals surface area contributed by atoms with Gasteiger partial charge in [-0.2, -0.15) is 18.3 Å². The third kappa shape index (κ3) is 3.01. The zero-order valence-electron chi connectivity index (χ0n) is 12.7. The summed E-state index contributed by atoms with van der Waals surface area (Å²) < 4.78 is 44.1. The molecule has 0 aromatic carbocycles. The Morgan fingerprint density at radius 2 is 2.12 bits per heavy atom. The van der Waals surface area contributed by atoms with E-state index in [9.17, 15) is 18.0 Å². The SMILES string of the molecule is COc1cc2c(nn1)CCN(C(=O)c1cccnc1C(F)(F)F)C2. The first kappa shape index (κ1) is 16.2. The van der Waals surface area contributed by atoms with Crippen molar-refractivity contribution in [3.05, 3.63) is 46.9 Å². The van der Waals surface area contributed by atoms with Crippen LogP contribution in [-0.2, 0) is 19.1 Å². The minimum atomic E-state index is -4.69. The normalized spacial score (nSPS) is 14.2. The van der Waals surface area contributed by atoms with Crippen molar-refractivity contribution in [3.63, 3.8) is 0 Å². The number of rotatable bonds is 2. The molecule has 0 bridgehead atoms. The molecular formula is C15H13F3N4O2. The maximum atomic E-state index is 13.0. The fourth-order valence-electron chi connectivity index (χ4n) is 2.56. The Hall–Kier alpha value is -2.71. The summed E-state index contributed by atoms with van der Waals surface area (Å²) in [5.74, 6) is -0.419. The molecule has 0 N–H and O–H groups in total. The molecular weight excluding hydrogens is 325 g/mol. The first-order valence-electron chi connectivity index (χ1n) is 7.11. The van der Waals surface area contributed by atoms with Crippen LogP contribution in [0.25, 0.3) is 0 Å². The highest BCUT2D eigenvalue weighted by Gasteiger charge is 2.38. The number of amides is 1. The molecule has 0 atom stereocenters. The van der Waals surface area contributed by atoms with Gasteiger partial charge in [-0.3, -0.25) is 9.78 Å². The van der Waals surface area contributed by atoms with Crippen molar-refractivity contribution in [1.82, 2.24) is 20.1 Å². The van der Waals surface area contributed by atoms with Crippen LogP contribution in [0.3, 0.4) is 0 Å². The largest absolute Gasteiger partial charge is 0.480 e. The number of aromatic nitrogens is 3. The number of hydrogen-bond acceptors (Lipinski definition) is 5. The van der Waals surface area contributed by atoms with E-state index in [2.05, 4.69) is 15.2 Å². The van der Waals surface area contributed by atoms with Crippen molar-refractivity contribution in [1.29, 1.82) is 0 Å². The molecule has 0 aliphatic carbocycles. The average Bonchev–Trinajstić information content (AvgIpc) is 2.59. The van der Waals surface area contributed by atoms with Gasteiger partial charge in [0.05, 0.1) is 18.4 Å². The van der Waals surface area contributed by atoms with Gasteiger partial charge in [-0.15, -0.1) is 5.10 Å². The first-order chi connectivity index (χ1) is 11.4. The zero-order valence-corrected chi connectivity index (χ0v) is 12.7. The van der Waals surface area contributed by atoms with E-state index in [-0.39, 0.29) is 13.1 Å². The average molecular weight is 338 g/mol. The topological polar surface area (TPSA) is 68.2 Å².